The molecule has 8 nitrogen and oxygen atoms in total. The van der Waals surface area contributed by atoms with Crippen molar-refractivity contribution in [3.63, 3.8) is 0 Å². The Morgan fingerprint density at radius 2 is 1.96 bits per heavy atom. The van der Waals surface area contributed by atoms with E-state index in [9.17, 15) is 9.59 Å². The van der Waals surface area contributed by atoms with Gasteiger partial charge in [-0.1, -0.05) is 30.3 Å². The summed E-state index contributed by atoms with van der Waals surface area (Å²) >= 11 is 0. The lowest BCUT2D eigenvalue weighted by Crippen LogP contribution is -2.37. The lowest BCUT2D eigenvalue weighted by atomic mass is 10.2. The van der Waals surface area contributed by atoms with Crippen molar-refractivity contribution >= 4 is 5.91 Å². The van der Waals surface area contributed by atoms with E-state index in [2.05, 4.69) is 20.1 Å². The van der Waals surface area contributed by atoms with Gasteiger partial charge in [0.15, 0.2) is 11.5 Å². The summed E-state index contributed by atoms with van der Waals surface area (Å²) in [7, 11) is 0. The second-order valence-electron chi connectivity index (χ2n) is 5.75. The van der Waals surface area contributed by atoms with Gasteiger partial charge in [-0.15, -0.1) is 0 Å². The van der Waals surface area contributed by atoms with Gasteiger partial charge in [0.25, 0.3) is 11.5 Å². The van der Waals surface area contributed by atoms with Crippen molar-refractivity contribution in [3.05, 3.63) is 64.6 Å². The molecular formula is C17H16N6O2. The Morgan fingerprint density at radius 3 is 2.76 bits per heavy atom. The molecule has 0 unspecified atom stereocenters. The van der Waals surface area contributed by atoms with E-state index in [0.717, 1.165) is 11.4 Å². The Balaban J connectivity index is 1.53. The summed E-state index contributed by atoms with van der Waals surface area (Å²) in [5.41, 5.74) is 0.412. The van der Waals surface area contributed by atoms with Gasteiger partial charge in [0.05, 0.1) is 6.54 Å². The molecule has 3 heterocycles. The highest BCUT2D eigenvalue weighted by Gasteiger charge is 2.24. The third-order valence-corrected chi connectivity index (χ3v) is 4.16. The number of hydrogen-bond donors (Lipinski definition) is 1. The predicted molar refractivity (Wildman–Crippen MR) is 89.9 cm³/mol. The first-order chi connectivity index (χ1) is 12.2. The number of fused-ring (bicyclic) bond motifs is 1. The summed E-state index contributed by atoms with van der Waals surface area (Å²) in [4.78, 5) is 36.9. The first-order valence-electron chi connectivity index (χ1n) is 8.04. The van der Waals surface area contributed by atoms with Crippen LogP contribution in [0, 0.1) is 0 Å². The normalized spacial score (nSPS) is 14.0. The quantitative estimate of drug-likeness (QED) is 0.744. The fourth-order valence-electron chi connectivity index (χ4n) is 2.87. The zero-order valence-electron chi connectivity index (χ0n) is 13.4. The number of nitrogens with zero attached hydrogens (tertiary/aromatic N) is 5. The second kappa shape index (κ2) is 6.31. The zero-order valence-corrected chi connectivity index (χ0v) is 13.4. The maximum Gasteiger partial charge on any atom is 0.279 e. The standard InChI is InChI=1S/C17H16N6O2/c24-16-14(18-7-8-19-16)17(25)22-9-6-13-20-15(21-23(13)11-10-22)12-4-2-1-3-5-12/h1-5,7-8H,6,9-11H2,(H,19,24). The number of carbonyl (C=O) groups excluding carboxylic acids is 1. The molecule has 1 amide bonds. The van der Waals surface area contributed by atoms with Crippen LogP contribution in [0.5, 0.6) is 0 Å². The molecule has 0 atom stereocenters. The molecular weight excluding hydrogens is 320 g/mol. The smallest absolute Gasteiger partial charge is 0.279 e. The van der Waals surface area contributed by atoms with Crippen LogP contribution in [0.2, 0.25) is 0 Å². The van der Waals surface area contributed by atoms with E-state index >= 15 is 0 Å². The molecule has 0 saturated carbocycles. The molecule has 0 fully saturated rings. The number of nitrogens with one attached hydrogen (secondary N) is 1. The number of rotatable bonds is 2. The summed E-state index contributed by atoms with van der Waals surface area (Å²) in [5.74, 6) is 1.16. The molecule has 1 N–H and O–H groups in total. The van der Waals surface area contributed by atoms with Crippen molar-refractivity contribution in [2.75, 3.05) is 13.1 Å². The molecule has 3 aromatic rings. The minimum Gasteiger partial charge on any atom is -0.335 e. The Morgan fingerprint density at radius 1 is 1.12 bits per heavy atom. The molecule has 0 aliphatic carbocycles. The molecule has 1 aromatic carbocycles. The van der Waals surface area contributed by atoms with Crippen LogP contribution in [0.25, 0.3) is 11.4 Å². The lowest BCUT2D eigenvalue weighted by molar-refractivity contribution is 0.0750. The zero-order chi connectivity index (χ0) is 17.2. The molecule has 0 bridgehead atoms. The fourth-order valence-corrected chi connectivity index (χ4v) is 2.87. The van der Waals surface area contributed by atoms with Gasteiger partial charge >= 0.3 is 0 Å². The highest BCUT2D eigenvalue weighted by Crippen LogP contribution is 2.17. The van der Waals surface area contributed by atoms with E-state index in [-0.39, 0.29) is 11.6 Å². The summed E-state index contributed by atoms with van der Waals surface area (Å²) in [5, 5.41) is 4.55. The van der Waals surface area contributed by atoms with Gasteiger partial charge < -0.3 is 9.88 Å². The van der Waals surface area contributed by atoms with Crippen molar-refractivity contribution in [1.82, 2.24) is 29.6 Å². The summed E-state index contributed by atoms with van der Waals surface area (Å²) in [6, 6.07) is 9.79. The number of benzene rings is 1. The lowest BCUT2D eigenvalue weighted by Gasteiger charge is -2.18. The molecule has 126 valence electrons. The van der Waals surface area contributed by atoms with Crippen LogP contribution < -0.4 is 5.56 Å². The summed E-state index contributed by atoms with van der Waals surface area (Å²) in [6.07, 6.45) is 3.40. The van der Waals surface area contributed by atoms with E-state index in [1.54, 1.807) is 4.90 Å². The maximum absolute atomic E-state index is 12.5. The number of H-pyrrole nitrogens is 1. The largest absolute Gasteiger partial charge is 0.335 e. The molecule has 8 heteroatoms. The average molecular weight is 336 g/mol. The SMILES string of the molecule is O=C(c1ncc[nH]c1=O)N1CCc2nc(-c3ccccc3)nn2CC1. The maximum atomic E-state index is 12.5. The molecule has 0 radical (unpaired) electrons. The number of hydrogen-bond acceptors (Lipinski definition) is 5. The molecule has 1 aliphatic rings. The van der Waals surface area contributed by atoms with Gasteiger partial charge in [0.1, 0.15) is 5.82 Å². The molecule has 1 aliphatic heterocycles. The van der Waals surface area contributed by atoms with Gasteiger partial charge in [-0.25, -0.2) is 14.6 Å². The third kappa shape index (κ3) is 2.93. The number of aromatic amines is 1. The van der Waals surface area contributed by atoms with E-state index in [4.69, 9.17) is 0 Å². The first-order valence-corrected chi connectivity index (χ1v) is 8.04. The van der Waals surface area contributed by atoms with Crippen LogP contribution in [0.1, 0.15) is 16.3 Å². The van der Waals surface area contributed by atoms with Crippen molar-refractivity contribution in [2.45, 2.75) is 13.0 Å². The fraction of sp³-hybridized carbons (Fsp3) is 0.235. The highest BCUT2D eigenvalue weighted by molar-refractivity contribution is 5.91. The van der Waals surface area contributed by atoms with Crippen molar-refractivity contribution in [3.8, 4) is 11.4 Å². The Bertz CT molecular complexity index is 937. The predicted octanol–water partition coefficient (Wildman–Crippen LogP) is 0.727. The van der Waals surface area contributed by atoms with E-state index in [1.807, 2.05) is 35.0 Å². The van der Waals surface area contributed by atoms with Crippen molar-refractivity contribution in [1.29, 1.82) is 0 Å². The molecule has 0 spiro atoms. The van der Waals surface area contributed by atoms with Crippen LogP contribution in [-0.4, -0.2) is 48.6 Å². The van der Waals surface area contributed by atoms with E-state index < -0.39 is 5.56 Å². The van der Waals surface area contributed by atoms with Gasteiger partial charge in [-0.2, -0.15) is 5.10 Å². The second-order valence-corrected chi connectivity index (χ2v) is 5.75. The molecule has 0 saturated heterocycles. The van der Waals surface area contributed by atoms with Gasteiger partial charge in [0.2, 0.25) is 0 Å². The van der Waals surface area contributed by atoms with Crippen LogP contribution in [0.15, 0.2) is 47.5 Å². The van der Waals surface area contributed by atoms with Crippen LogP contribution in [0.4, 0.5) is 0 Å². The molecule has 25 heavy (non-hydrogen) atoms. The van der Waals surface area contributed by atoms with Gasteiger partial charge in [0, 0.05) is 37.5 Å². The topological polar surface area (TPSA) is 96.8 Å². The minimum absolute atomic E-state index is 0.0834. The Labute approximate surface area is 143 Å². The number of amides is 1. The highest BCUT2D eigenvalue weighted by atomic mass is 16.2. The van der Waals surface area contributed by atoms with Crippen molar-refractivity contribution in [2.24, 2.45) is 0 Å². The van der Waals surface area contributed by atoms with Crippen LogP contribution in [-0.2, 0) is 13.0 Å². The minimum atomic E-state index is -0.473. The van der Waals surface area contributed by atoms with Crippen LogP contribution >= 0.6 is 0 Å². The first kappa shape index (κ1) is 15.3. The number of aromatic nitrogens is 5. The molecule has 4 rings (SSSR count). The molecule has 2 aromatic heterocycles. The summed E-state index contributed by atoms with van der Waals surface area (Å²) in [6.45, 7) is 1.47. The average Bonchev–Trinajstić information content (AvgIpc) is 2.96. The van der Waals surface area contributed by atoms with Crippen molar-refractivity contribution < 1.29 is 4.79 Å². The van der Waals surface area contributed by atoms with Gasteiger partial charge in [-0.3, -0.25) is 9.59 Å². The van der Waals surface area contributed by atoms with Crippen LogP contribution in [0.3, 0.4) is 0 Å². The third-order valence-electron chi connectivity index (χ3n) is 4.16. The van der Waals surface area contributed by atoms with E-state index in [1.165, 1.54) is 12.4 Å². The number of carbonyl (C=O) groups is 1. The Hall–Kier alpha value is -3.29. The Kier molecular flexibility index (Phi) is 3.85. The van der Waals surface area contributed by atoms with Gasteiger partial charge in [-0.05, 0) is 0 Å². The summed E-state index contributed by atoms with van der Waals surface area (Å²) < 4.78 is 1.83. The van der Waals surface area contributed by atoms with E-state index in [0.29, 0.717) is 31.9 Å². The monoisotopic (exact) mass is 336 g/mol.